The van der Waals surface area contributed by atoms with Crippen LogP contribution in [0.2, 0.25) is 0 Å². The molecule has 3 aromatic rings. The number of methoxy groups -OCH3 is 1. The zero-order chi connectivity index (χ0) is 22.8. The number of hydrogen-bond donors (Lipinski definition) is 0. The lowest BCUT2D eigenvalue weighted by molar-refractivity contribution is -0.139. The van der Waals surface area contributed by atoms with E-state index in [1.54, 1.807) is 51.3 Å². The molecule has 4 rings (SSSR count). The van der Waals surface area contributed by atoms with Crippen LogP contribution >= 0.6 is 11.3 Å². The zero-order valence-corrected chi connectivity index (χ0v) is 18.6. The second kappa shape index (κ2) is 8.92. The molecule has 0 aliphatic carbocycles. The maximum atomic E-state index is 13.4. The van der Waals surface area contributed by atoms with E-state index in [4.69, 9.17) is 9.47 Å². The number of halogens is 1. The normalized spacial score (nSPS) is 15.9. The number of carbonyl (C=O) groups excluding carboxylic acids is 1. The van der Waals surface area contributed by atoms with Crippen molar-refractivity contribution in [1.82, 2.24) is 4.57 Å². The van der Waals surface area contributed by atoms with Crippen LogP contribution in [0.15, 0.2) is 69.6 Å². The van der Waals surface area contributed by atoms with E-state index in [1.165, 1.54) is 28.0 Å². The molecule has 0 bridgehead atoms. The standard InChI is InChI=1S/C24H21FN2O4S/c1-4-31-23(29)20-14(2)26-24-27(21(20)16-7-11-18(30-3)12-8-16)22(28)19(32-24)13-15-5-9-17(25)10-6-15/h5-13,21H,4H2,1-3H3/t21-/m0/s1. The molecule has 2 heterocycles. The molecule has 0 saturated carbocycles. The zero-order valence-electron chi connectivity index (χ0n) is 17.8. The van der Waals surface area contributed by atoms with Crippen LogP contribution in [0.5, 0.6) is 5.75 Å². The van der Waals surface area contributed by atoms with Crippen molar-refractivity contribution in [1.29, 1.82) is 0 Å². The number of benzene rings is 2. The minimum absolute atomic E-state index is 0.208. The Bertz CT molecular complexity index is 1370. The molecule has 0 radical (unpaired) electrons. The first-order chi connectivity index (χ1) is 15.4. The van der Waals surface area contributed by atoms with E-state index in [0.29, 0.717) is 31.9 Å². The summed E-state index contributed by atoms with van der Waals surface area (Å²) >= 11 is 1.22. The molecule has 0 N–H and O–H groups in total. The van der Waals surface area contributed by atoms with Crippen LogP contribution < -0.4 is 19.6 Å². The number of allylic oxidation sites excluding steroid dienone is 1. The van der Waals surface area contributed by atoms with E-state index in [9.17, 15) is 14.0 Å². The van der Waals surface area contributed by atoms with E-state index < -0.39 is 12.0 Å². The Morgan fingerprint density at radius 2 is 1.88 bits per heavy atom. The number of nitrogens with zero attached hydrogens (tertiary/aromatic N) is 2. The Balaban J connectivity index is 1.93. The Morgan fingerprint density at radius 1 is 1.19 bits per heavy atom. The van der Waals surface area contributed by atoms with E-state index in [1.807, 2.05) is 12.1 Å². The van der Waals surface area contributed by atoms with Crippen LogP contribution in [0.1, 0.15) is 31.0 Å². The third-order valence-corrected chi connectivity index (χ3v) is 6.10. The molecule has 0 amide bonds. The van der Waals surface area contributed by atoms with E-state index in [-0.39, 0.29) is 18.0 Å². The third-order valence-electron chi connectivity index (χ3n) is 5.12. The number of carbonyl (C=O) groups is 1. The summed E-state index contributed by atoms with van der Waals surface area (Å²) in [5.74, 6) is -0.198. The number of rotatable bonds is 5. The van der Waals surface area contributed by atoms with Gasteiger partial charge in [-0.25, -0.2) is 14.2 Å². The number of thiazole rings is 1. The molecule has 0 fully saturated rings. The van der Waals surface area contributed by atoms with Gasteiger partial charge in [0.1, 0.15) is 11.6 Å². The van der Waals surface area contributed by atoms with Crippen molar-refractivity contribution >= 4 is 23.4 Å². The fraction of sp³-hybridized carbons (Fsp3) is 0.208. The molecule has 0 spiro atoms. The molecule has 32 heavy (non-hydrogen) atoms. The van der Waals surface area contributed by atoms with Crippen LogP contribution in [0.4, 0.5) is 4.39 Å². The molecule has 2 aromatic carbocycles. The van der Waals surface area contributed by atoms with Gasteiger partial charge in [-0.15, -0.1) is 0 Å². The van der Waals surface area contributed by atoms with Crippen molar-refractivity contribution in [2.75, 3.05) is 13.7 Å². The van der Waals surface area contributed by atoms with Crippen LogP contribution in [0.25, 0.3) is 6.08 Å². The molecule has 6 nitrogen and oxygen atoms in total. The van der Waals surface area contributed by atoms with Crippen molar-refractivity contribution < 1.29 is 18.7 Å². The second-order valence-corrected chi connectivity index (χ2v) is 8.14. The van der Waals surface area contributed by atoms with Gasteiger partial charge in [0.15, 0.2) is 4.80 Å². The Kier molecular flexibility index (Phi) is 6.05. The van der Waals surface area contributed by atoms with Gasteiger partial charge in [0.25, 0.3) is 5.56 Å². The van der Waals surface area contributed by atoms with Crippen LogP contribution in [-0.4, -0.2) is 24.3 Å². The minimum Gasteiger partial charge on any atom is -0.497 e. The maximum Gasteiger partial charge on any atom is 0.338 e. The van der Waals surface area contributed by atoms with Crippen LogP contribution in [0, 0.1) is 5.82 Å². The number of hydrogen-bond acceptors (Lipinski definition) is 6. The van der Waals surface area contributed by atoms with E-state index in [2.05, 4.69) is 4.99 Å². The number of aromatic nitrogens is 1. The molecule has 1 aromatic heterocycles. The monoisotopic (exact) mass is 452 g/mol. The van der Waals surface area contributed by atoms with Gasteiger partial charge in [-0.3, -0.25) is 9.36 Å². The molecule has 1 aliphatic heterocycles. The highest BCUT2D eigenvalue weighted by Crippen LogP contribution is 2.31. The van der Waals surface area contributed by atoms with Gasteiger partial charge in [-0.05, 0) is 55.3 Å². The summed E-state index contributed by atoms with van der Waals surface area (Å²) < 4.78 is 25.7. The van der Waals surface area contributed by atoms with Gasteiger partial charge < -0.3 is 9.47 Å². The summed E-state index contributed by atoms with van der Waals surface area (Å²) in [5.41, 5.74) is 1.96. The molecule has 1 atom stereocenters. The lowest BCUT2D eigenvalue weighted by Crippen LogP contribution is -2.39. The molecule has 8 heteroatoms. The van der Waals surface area contributed by atoms with Crippen molar-refractivity contribution in [3.05, 3.63) is 96.4 Å². The molecular weight excluding hydrogens is 431 g/mol. The quantitative estimate of drug-likeness (QED) is 0.558. The predicted molar refractivity (Wildman–Crippen MR) is 120 cm³/mol. The van der Waals surface area contributed by atoms with Crippen LogP contribution in [0.3, 0.4) is 0 Å². The first-order valence-corrected chi connectivity index (χ1v) is 10.8. The lowest BCUT2D eigenvalue weighted by Gasteiger charge is -2.24. The Hall–Kier alpha value is -3.52. The Labute approximate surface area is 187 Å². The number of esters is 1. The summed E-state index contributed by atoms with van der Waals surface area (Å²) in [7, 11) is 1.57. The highest BCUT2D eigenvalue weighted by atomic mass is 32.1. The van der Waals surface area contributed by atoms with Crippen molar-refractivity contribution in [2.24, 2.45) is 4.99 Å². The first kappa shape index (κ1) is 21.7. The average molecular weight is 453 g/mol. The summed E-state index contributed by atoms with van der Waals surface area (Å²) in [6, 6.07) is 12.4. The summed E-state index contributed by atoms with van der Waals surface area (Å²) in [5, 5.41) is 0. The average Bonchev–Trinajstić information content (AvgIpc) is 3.09. The summed E-state index contributed by atoms with van der Waals surface area (Å²) in [6.45, 7) is 3.67. The van der Waals surface area contributed by atoms with Gasteiger partial charge in [-0.1, -0.05) is 35.6 Å². The fourth-order valence-electron chi connectivity index (χ4n) is 3.60. The highest BCUT2D eigenvalue weighted by molar-refractivity contribution is 7.07. The highest BCUT2D eigenvalue weighted by Gasteiger charge is 2.33. The topological polar surface area (TPSA) is 69.9 Å². The van der Waals surface area contributed by atoms with Crippen molar-refractivity contribution in [3.63, 3.8) is 0 Å². The predicted octanol–water partition coefficient (Wildman–Crippen LogP) is 2.95. The van der Waals surface area contributed by atoms with E-state index in [0.717, 1.165) is 5.56 Å². The molecule has 164 valence electrons. The smallest absolute Gasteiger partial charge is 0.338 e. The van der Waals surface area contributed by atoms with Gasteiger partial charge in [-0.2, -0.15) is 0 Å². The van der Waals surface area contributed by atoms with E-state index >= 15 is 0 Å². The second-order valence-electron chi connectivity index (χ2n) is 7.13. The molecule has 0 saturated heterocycles. The van der Waals surface area contributed by atoms with Gasteiger partial charge >= 0.3 is 5.97 Å². The van der Waals surface area contributed by atoms with Crippen molar-refractivity contribution in [3.8, 4) is 5.75 Å². The third kappa shape index (κ3) is 4.01. The summed E-state index contributed by atoms with van der Waals surface area (Å²) in [4.78, 5) is 31.3. The first-order valence-electron chi connectivity index (χ1n) is 10.0. The van der Waals surface area contributed by atoms with Gasteiger partial charge in [0, 0.05) is 0 Å². The molecule has 0 unspecified atom stereocenters. The van der Waals surface area contributed by atoms with Gasteiger partial charge in [0.2, 0.25) is 0 Å². The number of fused-ring (bicyclic) bond motifs is 1. The molecular formula is C24H21FN2O4S. The Morgan fingerprint density at radius 3 is 2.50 bits per heavy atom. The molecule has 1 aliphatic rings. The lowest BCUT2D eigenvalue weighted by atomic mass is 9.96. The number of ether oxygens (including phenoxy) is 2. The maximum absolute atomic E-state index is 13.4. The minimum atomic E-state index is -0.688. The van der Waals surface area contributed by atoms with Gasteiger partial charge in [0.05, 0.1) is 35.6 Å². The largest absolute Gasteiger partial charge is 0.497 e. The van der Waals surface area contributed by atoms with Crippen LogP contribution in [-0.2, 0) is 9.53 Å². The fourth-order valence-corrected chi connectivity index (χ4v) is 4.65. The van der Waals surface area contributed by atoms with Crippen molar-refractivity contribution in [2.45, 2.75) is 19.9 Å². The SMILES string of the molecule is CCOC(=O)C1=C(C)N=c2sc(=Cc3ccc(F)cc3)c(=O)n2[C@H]1c1ccc(OC)cc1. The summed E-state index contributed by atoms with van der Waals surface area (Å²) in [6.07, 6.45) is 1.69.